The minimum atomic E-state index is 0.458. The van der Waals surface area contributed by atoms with Crippen LogP contribution in [0.1, 0.15) is 36.3 Å². The lowest BCUT2D eigenvalue weighted by Gasteiger charge is -2.19. The molecule has 0 bridgehead atoms. The molecule has 2 aliphatic heterocycles. The molecular weight excluding hydrogens is 340 g/mol. The Bertz CT molecular complexity index is 759. The predicted octanol–water partition coefficient (Wildman–Crippen LogP) is 3.08. The molecule has 2 fully saturated rings. The summed E-state index contributed by atoms with van der Waals surface area (Å²) in [5, 5.41) is 0. The normalized spacial score (nSPS) is 20.2. The van der Waals surface area contributed by atoms with Crippen LogP contribution >= 0.6 is 0 Å². The van der Waals surface area contributed by atoms with Gasteiger partial charge in [-0.25, -0.2) is 9.97 Å². The molecule has 1 unspecified atom stereocenters. The molecule has 2 aromatic rings. The van der Waals surface area contributed by atoms with Gasteiger partial charge in [-0.3, -0.25) is 4.90 Å². The number of methoxy groups -OCH3 is 2. The Balaban J connectivity index is 1.40. The molecule has 6 nitrogen and oxygen atoms in total. The third kappa shape index (κ3) is 4.00. The Morgan fingerprint density at radius 2 is 1.81 bits per heavy atom. The molecule has 2 aliphatic rings. The molecule has 2 saturated heterocycles. The van der Waals surface area contributed by atoms with Crippen molar-refractivity contribution in [2.75, 3.05) is 45.3 Å². The summed E-state index contributed by atoms with van der Waals surface area (Å²) >= 11 is 0. The van der Waals surface area contributed by atoms with Crippen molar-refractivity contribution in [1.29, 1.82) is 0 Å². The Labute approximate surface area is 161 Å². The van der Waals surface area contributed by atoms with Crippen molar-refractivity contribution in [1.82, 2.24) is 14.9 Å². The van der Waals surface area contributed by atoms with Crippen molar-refractivity contribution >= 4 is 5.95 Å². The fourth-order valence-electron chi connectivity index (χ4n) is 4.16. The maximum Gasteiger partial charge on any atom is 0.225 e. The smallest absolute Gasteiger partial charge is 0.225 e. The van der Waals surface area contributed by atoms with Gasteiger partial charge < -0.3 is 14.4 Å². The monoisotopic (exact) mass is 368 g/mol. The molecule has 0 amide bonds. The fourth-order valence-corrected chi connectivity index (χ4v) is 4.16. The summed E-state index contributed by atoms with van der Waals surface area (Å²) in [5.74, 6) is 3.16. The Kier molecular flexibility index (Phi) is 5.43. The second kappa shape index (κ2) is 8.13. The lowest BCUT2D eigenvalue weighted by Crippen LogP contribution is -2.22. The van der Waals surface area contributed by atoms with E-state index < -0.39 is 0 Å². The van der Waals surface area contributed by atoms with Crippen LogP contribution in [0.5, 0.6) is 11.5 Å². The SMILES string of the molecule is COc1ccc(OC)c(C2CCN(Cc3cnc(N4CCCC4)nc3)C2)c1. The fraction of sp³-hybridized carbons (Fsp3) is 0.524. The predicted molar refractivity (Wildman–Crippen MR) is 106 cm³/mol. The molecule has 0 aliphatic carbocycles. The first-order valence-corrected chi connectivity index (χ1v) is 9.77. The van der Waals surface area contributed by atoms with Crippen LogP contribution in [0.15, 0.2) is 30.6 Å². The maximum absolute atomic E-state index is 5.57. The van der Waals surface area contributed by atoms with Gasteiger partial charge in [-0.1, -0.05) is 0 Å². The Morgan fingerprint density at radius 3 is 2.52 bits per heavy atom. The highest BCUT2D eigenvalue weighted by atomic mass is 16.5. The highest BCUT2D eigenvalue weighted by molar-refractivity contribution is 5.43. The van der Waals surface area contributed by atoms with E-state index in [-0.39, 0.29) is 0 Å². The largest absolute Gasteiger partial charge is 0.497 e. The van der Waals surface area contributed by atoms with Crippen LogP contribution in [0.3, 0.4) is 0 Å². The second-order valence-corrected chi connectivity index (χ2v) is 7.41. The number of hydrogen-bond donors (Lipinski definition) is 0. The van der Waals surface area contributed by atoms with Crippen LogP contribution < -0.4 is 14.4 Å². The van der Waals surface area contributed by atoms with E-state index in [1.54, 1.807) is 14.2 Å². The van der Waals surface area contributed by atoms with Crippen LogP contribution in [0.4, 0.5) is 5.95 Å². The number of rotatable bonds is 6. The number of nitrogens with zero attached hydrogens (tertiary/aromatic N) is 4. The summed E-state index contributed by atoms with van der Waals surface area (Å²) in [6.45, 7) is 5.13. The second-order valence-electron chi connectivity index (χ2n) is 7.41. The van der Waals surface area contributed by atoms with Crippen LogP contribution in [0, 0.1) is 0 Å². The zero-order valence-electron chi connectivity index (χ0n) is 16.2. The van der Waals surface area contributed by atoms with Gasteiger partial charge in [0.1, 0.15) is 11.5 Å². The van der Waals surface area contributed by atoms with Gasteiger partial charge >= 0.3 is 0 Å². The van der Waals surface area contributed by atoms with Gasteiger partial charge in [0.2, 0.25) is 5.95 Å². The third-order valence-electron chi connectivity index (χ3n) is 5.64. The summed E-state index contributed by atoms with van der Waals surface area (Å²) in [7, 11) is 3.44. The summed E-state index contributed by atoms with van der Waals surface area (Å²) in [6, 6.07) is 6.07. The first-order valence-electron chi connectivity index (χ1n) is 9.77. The quantitative estimate of drug-likeness (QED) is 0.781. The molecule has 1 aromatic carbocycles. The summed E-state index contributed by atoms with van der Waals surface area (Å²) < 4.78 is 11.0. The van der Waals surface area contributed by atoms with Gasteiger partial charge in [0.25, 0.3) is 0 Å². The first-order chi connectivity index (χ1) is 13.3. The lowest BCUT2D eigenvalue weighted by molar-refractivity contribution is 0.324. The van der Waals surface area contributed by atoms with E-state index in [2.05, 4.69) is 25.8 Å². The van der Waals surface area contributed by atoms with Gasteiger partial charge in [-0.2, -0.15) is 0 Å². The van der Waals surface area contributed by atoms with Crippen molar-refractivity contribution in [3.05, 3.63) is 41.7 Å². The topological polar surface area (TPSA) is 50.7 Å². The Hall–Kier alpha value is -2.34. The third-order valence-corrected chi connectivity index (χ3v) is 5.64. The number of benzene rings is 1. The van der Waals surface area contributed by atoms with E-state index in [1.165, 1.54) is 24.0 Å². The standard InChI is InChI=1S/C21H28N4O2/c1-26-18-5-6-20(27-2)19(11-18)17-7-10-24(15-17)14-16-12-22-21(23-13-16)25-8-3-4-9-25/h5-6,11-13,17H,3-4,7-10,14-15H2,1-2H3. The average Bonchev–Trinajstić information content (AvgIpc) is 3.40. The Morgan fingerprint density at radius 1 is 1.04 bits per heavy atom. The minimum absolute atomic E-state index is 0.458. The number of anilines is 1. The van der Waals surface area contributed by atoms with Gasteiger partial charge in [0, 0.05) is 55.6 Å². The first kappa shape index (κ1) is 18.0. The van der Waals surface area contributed by atoms with E-state index in [0.29, 0.717) is 5.92 Å². The molecule has 0 radical (unpaired) electrons. The molecule has 3 heterocycles. The van der Waals surface area contributed by atoms with Gasteiger partial charge in [0.05, 0.1) is 14.2 Å². The van der Waals surface area contributed by atoms with Crippen LogP contribution in [0.2, 0.25) is 0 Å². The van der Waals surface area contributed by atoms with E-state index in [0.717, 1.165) is 56.6 Å². The van der Waals surface area contributed by atoms with Crippen LogP contribution in [-0.2, 0) is 6.54 Å². The molecule has 1 aromatic heterocycles. The van der Waals surface area contributed by atoms with Gasteiger partial charge in [0.15, 0.2) is 0 Å². The van der Waals surface area contributed by atoms with Crippen molar-refractivity contribution < 1.29 is 9.47 Å². The zero-order valence-corrected chi connectivity index (χ0v) is 16.2. The van der Waals surface area contributed by atoms with E-state index in [4.69, 9.17) is 9.47 Å². The van der Waals surface area contributed by atoms with Crippen molar-refractivity contribution in [2.45, 2.75) is 31.7 Å². The zero-order chi connectivity index (χ0) is 18.6. The number of hydrogen-bond acceptors (Lipinski definition) is 6. The van der Waals surface area contributed by atoms with Gasteiger partial charge in [-0.15, -0.1) is 0 Å². The maximum atomic E-state index is 5.57. The molecule has 27 heavy (non-hydrogen) atoms. The van der Waals surface area contributed by atoms with Crippen LogP contribution in [-0.4, -0.2) is 55.3 Å². The molecule has 0 saturated carbocycles. The van der Waals surface area contributed by atoms with E-state index in [1.807, 2.05) is 24.5 Å². The summed E-state index contributed by atoms with van der Waals surface area (Å²) in [5.41, 5.74) is 2.41. The molecule has 1 atom stereocenters. The molecule has 0 N–H and O–H groups in total. The van der Waals surface area contributed by atoms with Crippen LogP contribution in [0.25, 0.3) is 0 Å². The number of likely N-dealkylation sites (tertiary alicyclic amines) is 1. The van der Waals surface area contributed by atoms with Gasteiger partial charge in [-0.05, 0) is 44.0 Å². The van der Waals surface area contributed by atoms with Crippen molar-refractivity contribution in [3.8, 4) is 11.5 Å². The summed E-state index contributed by atoms with van der Waals surface area (Å²) in [4.78, 5) is 13.9. The van der Waals surface area contributed by atoms with E-state index in [9.17, 15) is 0 Å². The highest BCUT2D eigenvalue weighted by Gasteiger charge is 2.27. The van der Waals surface area contributed by atoms with Crippen molar-refractivity contribution in [2.24, 2.45) is 0 Å². The molecule has 0 spiro atoms. The average molecular weight is 368 g/mol. The van der Waals surface area contributed by atoms with Crippen molar-refractivity contribution in [3.63, 3.8) is 0 Å². The molecule has 6 heteroatoms. The molecule has 144 valence electrons. The number of aromatic nitrogens is 2. The molecule has 4 rings (SSSR count). The summed E-state index contributed by atoms with van der Waals surface area (Å²) in [6.07, 6.45) is 7.58. The van der Waals surface area contributed by atoms with E-state index >= 15 is 0 Å². The number of ether oxygens (including phenoxy) is 2. The molecular formula is C21H28N4O2. The lowest BCUT2D eigenvalue weighted by atomic mass is 9.97. The highest BCUT2D eigenvalue weighted by Crippen LogP contribution is 2.36. The minimum Gasteiger partial charge on any atom is -0.497 e.